The molecule has 140 valence electrons. The van der Waals surface area contributed by atoms with E-state index < -0.39 is 0 Å². The van der Waals surface area contributed by atoms with Crippen LogP contribution in [0.5, 0.6) is 0 Å². The van der Waals surface area contributed by atoms with E-state index in [-0.39, 0.29) is 5.41 Å². The Morgan fingerprint density at radius 1 is 1.11 bits per heavy atom. The van der Waals surface area contributed by atoms with Crippen LogP contribution in [-0.2, 0) is 18.3 Å². The van der Waals surface area contributed by atoms with E-state index >= 15 is 0 Å². The van der Waals surface area contributed by atoms with Gasteiger partial charge in [0, 0.05) is 20.9 Å². The van der Waals surface area contributed by atoms with Crippen molar-refractivity contribution >= 4 is 33.9 Å². The standard InChI is InChI=1S/C24H26INS/c1-15-11-22(25)16(2)10-19(15)12-20-14-27-23(26-20)18-8-7-17-6-5-9-24(3,4)21(17)13-18/h7-8,10-11,13-14H,5-6,9,12H2,1-4H3. The topological polar surface area (TPSA) is 12.9 Å². The van der Waals surface area contributed by atoms with Crippen molar-refractivity contribution in [1.29, 1.82) is 0 Å². The average Bonchev–Trinajstić information content (AvgIpc) is 3.08. The zero-order valence-electron chi connectivity index (χ0n) is 16.5. The molecule has 3 aromatic rings. The van der Waals surface area contributed by atoms with Gasteiger partial charge in [-0.1, -0.05) is 32.0 Å². The van der Waals surface area contributed by atoms with Crippen molar-refractivity contribution in [2.45, 2.75) is 58.8 Å². The normalized spacial score (nSPS) is 15.6. The van der Waals surface area contributed by atoms with Crippen LogP contribution in [0.4, 0.5) is 0 Å². The van der Waals surface area contributed by atoms with E-state index in [2.05, 4.69) is 86.0 Å². The highest BCUT2D eigenvalue weighted by molar-refractivity contribution is 14.1. The Labute approximate surface area is 180 Å². The molecule has 0 unspecified atom stereocenters. The van der Waals surface area contributed by atoms with E-state index in [0.717, 1.165) is 11.4 Å². The molecule has 0 aliphatic heterocycles. The largest absolute Gasteiger partial charge is 0.241 e. The van der Waals surface area contributed by atoms with Crippen LogP contribution in [0.1, 0.15) is 60.2 Å². The monoisotopic (exact) mass is 487 g/mol. The Morgan fingerprint density at radius 2 is 1.93 bits per heavy atom. The van der Waals surface area contributed by atoms with Gasteiger partial charge in [0.2, 0.25) is 0 Å². The second-order valence-electron chi connectivity index (χ2n) is 8.46. The fraction of sp³-hybridized carbons (Fsp3) is 0.375. The highest BCUT2D eigenvalue weighted by Crippen LogP contribution is 2.39. The lowest BCUT2D eigenvalue weighted by Gasteiger charge is -2.32. The van der Waals surface area contributed by atoms with Crippen LogP contribution in [0.2, 0.25) is 0 Å². The fourth-order valence-electron chi connectivity index (χ4n) is 4.16. The molecule has 27 heavy (non-hydrogen) atoms. The number of thiazole rings is 1. The van der Waals surface area contributed by atoms with Gasteiger partial charge in [0.1, 0.15) is 5.01 Å². The van der Waals surface area contributed by atoms with Crippen molar-refractivity contribution in [2.75, 3.05) is 0 Å². The Hall–Kier alpha value is -1.20. The summed E-state index contributed by atoms with van der Waals surface area (Å²) in [4.78, 5) is 4.98. The molecule has 0 radical (unpaired) electrons. The van der Waals surface area contributed by atoms with Crippen molar-refractivity contribution < 1.29 is 0 Å². The van der Waals surface area contributed by atoms with E-state index in [1.807, 2.05) is 0 Å². The quantitative estimate of drug-likeness (QED) is 0.355. The molecule has 0 saturated carbocycles. The second-order valence-corrected chi connectivity index (χ2v) is 10.5. The van der Waals surface area contributed by atoms with Gasteiger partial charge in [-0.3, -0.25) is 0 Å². The highest BCUT2D eigenvalue weighted by atomic mass is 127. The number of rotatable bonds is 3. The summed E-state index contributed by atoms with van der Waals surface area (Å²) in [7, 11) is 0. The van der Waals surface area contributed by atoms with E-state index in [1.54, 1.807) is 11.3 Å². The Kier molecular flexibility index (Phi) is 5.19. The summed E-state index contributed by atoms with van der Waals surface area (Å²) in [6, 6.07) is 11.6. The third-order valence-electron chi connectivity index (χ3n) is 5.87. The fourth-order valence-corrected chi connectivity index (χ4v) is 5.60. The molecule has 0 N–H and O–H groups in total. The third kappa shape index (κ3) is 3.86. The van der Waals surface area contributed by atoms with Gasteiger partial charge in [-0.05, 0) is 101 Å². The first-order valence-electron chi connectivity index (χ1n) is 9.67. The molecule has 1 aliphatic carbocycles. The lowest BCUT2D eigenvalue weighted by molar-refractivity contribution is 0.432. The molecule has 0 atom stereocenters. The molecule has 1 nitrogen and oxygen atoms in total. The molecule has 2 aromatic carbocycles. The minimum Gasteiger partial charge on any atom is -0.241 e. The molecule has 1 heterocycles. The number of benzene rings is 2. The van der Waals surface area contributed by atoms with Crippen molar-refractivity contribution in [3.05, 3.63) is 72.8 Å². The van der Waals surface area contributed by atoms with Gasteiger partial charge in [-0.15, -0.1) is 11.3 Å². The summed E-state index contributed by atoms with van der Waals surface area (Å²) < 4.78 is 1.34. The predicted molar refractivity (Wildman–Crippen MR) is 125 cm³/mol. The minimum atomic E-state index is 0.277. The lowest BCUT2D eigenvalue weighted by atomic mass is 9.72. The van der Waals surface area contributed by atoms with Crippen LogP contribution in [0.25, 0.3) is 10.6 Å². The van der Waals surface area contributed by atoms with Crippen molar-refractivity contribution in [1.82, 2.24) is 4.98 Å². The van der Waals surface area contributed by atoms with Crippen molar-refractivity contribution in [3.63, 3.8) is 0 Å². The maximum atomic E-state index is 4.98. The third-order valence-corrected chi connectivity index (χ3v) is 7.98. The van der Waals surface area contributed by atoms with Crippen LogP contribution < -0.4 is 0 Å². The number of aromatic nitrogens is 1. The lowest BCUT2D eigenvalue weighted by Crippen LogP contribution is -2.23. The SMILES string of the molecule is Cc1cc(Cc2csc(-c3ccc4c(c3)C(C)(C)CCC4)n2)c(C)cc1I. The smallest absolute Gasteiger partial charge is 0.123 e. The van der Waals surface area contributed by atoms with E-state index in [9.17, 15) is 0 Å². The van der Waals surface area contributed by atoms with Gasteiger partial charge in [-0.25, -0.2) is 4.98 Å². The molecule has 1 aromatic heterocycles. The maximum absolute atomic E-state index is 4.98. The van der Waals surface area contributed by atoms with Crippen molar-refractivity contribution in [3.8, 4) is 10.6 Å². The zero-order chi connectivity index (χ0) is 19.2. The van der Waals surface area contributed by atoms with Crippen LogP contribution in [0.3, 0.4) is 0 Å². The summed E-state index contributed by atoms with van der Waals surface area (Å²) >= 11 is 4.19. The van der Waals surface area contributed by atoms with Gasteiger partial charge in [-0.2, -0.15) is 0 Å². The average molecular weight is 487 g/mol. The first-order valence-corrected chi connectivity index (χ1v) is 11.6. The molecule has 3 heteroatoms. The van der Waals surface area contributed by atoms with Crippen LogP contribution >= 0.6 is 33.9 Å². The minimum absolute atomic E-state index is 0.277. The molecule has 0 fully saturated rings. The molecule has 0 bridgehead atoms. The number of nitrogens with zero attached hydrogens (tertiary/aromatic N) is 1. The van der Waals surface area contributed by atoms with Gasteiger partial charge in [0.15, 0.2) is 0 Å². The Bertz CT molecular complexity index is 1000. The van der Waals surface area contributed by atoms with E-state index in [0.29, 0.717) is 0 Å². The molecule has 4 rings (SSSR count). The molecule has 0 spiro atoms. The molecule has 0 amide bonds. The summed E-state index contributed by atoms with van der Waals surface area (Å²) in [5, 5.41) is 3.38. The number of halogens is 1. The summed E-state index contributed by atoms with van der Waals surface area (Å²) in [5.41, 5.74) is 9.87. The van der Waals surface area contributed by atoms with Gasteiger partial charge in [0.05, 0.1) is 5.69 Å². The first kappa shape index (κ1) is 19.1. The molecular weight excluding hydrogens is 461 g/mol. The second kappa shape index (κ2) is 7.32. The molecule has 1 aliphatic rings. The van der Waals surface area contributed by atoms with Gasteiger partial charge in [0.25, 0.3) is 0 Å². The van der Waals surface area contributed by atoms with E-state index in [4.69, 9.17) is 4.98 Å². The van der Waals surface area contributed by atoms with Crippen LogP contribution in [-0.4, -0.2) is 4.98 Å². The number of hydrogen-bond acceptors (Lipinski definition) is 2. The Balaban J connectivity index is 1.63. The van der Waals surface area contributed by atoms with E-state index in [1.165, 1.54) is 61.9 Å². The zero-order valence-corrected chi connectivity index (χ0v) is 19.5. The van der Waals surface area contributed by atoms with Crippen molar-refractivity contribution in [2.24, 2.45) is 0 Å². The Morgan fingerprint density at radius 3 is 2.74 bits per heavy atom. The van der Waals surface area contributed by atoms with Gasteiger partial charge >= 0.3 is 0 Å². The molecule has 0 saturated heterocycles. The van der Waals surface area contributed by atoms with Gasteiger partial charge < -0.3 is 0 Å². The predicted octanol–water partition coefficient (Wildman–Crippen LogP) is 7.24. The highest BCUT2D eigenvalue weighted by Gasteiger charge is 2.27. The number of fused-ring (bicyclic) bond motifs is 1. The number of hydrogen-bond donors (Lipinski definition) is 0. The first-order chi connectivity index (χ1) is 12.8. The molecular formula is C24H26INS. The maximum Gasteiger partial charge on any atom is 0.123 e. The summed E-state index contributed by atoms with van der Waals surface area (Å²) in [6.07, 6.45) is 4.71. The van der Waals surface area contributed by atoms with Crippen LogP contribution in [0, 0.1) is 17.4 Å². The summed E-state index contributed by atoms with van der Waals surface area (Å²) in [5.74, 6) is 0. The van der Waals surface area contributed by atoms with Crippen LogP contribution in [0.15, 0.2) is 35.7 Å². The summed E-state index contributed by atoms with van der Waals surface area (Å²) in [6.45, 7) is 9.15. The number of aryl methyl sites for hydroxylation is 3.